The Morgan fingerprint density at radius 1 is 1.06 bits per heavy atom. The zero-order valence-electron chi connectivity index (χ0n) is 18.8. The molecule has 174 valence electrons. The molecule has 1 N–H and O–H groups in total. The van der Waals surface area contributed by atoms with Crippen LogP contribution in [0.1, 0.15) is 25.3 Å². The predicted molar refractivity (Wildman–Crippen MR) is 128 cm³/mol. The van der Waals surface area contributed by atoms with Gasteiger partial charge in [-0.2, -0.15) is 0 Å². The molecule has 9 heteroatoms. The van der Waals surface area contributed by atoms with Crippen molar-refractivity contribution in [2.24, 2.45) is 0 Å². The summed E-state index contributed by atoms with van der Waals surface area (Å²) < 4.78 is 16.2. The molecule has 0 saturated carbocycles. The molecule has 3 amide bonds. The Balaban J connectivity index is 1.66. The minimum absolute atomic E-state index is 0.235. The predicted octanol–water partition coefficient (Wildman–Crippen LogP) is 4.56. The first-order valence-electron chi connectivity index (χ1n) is 10.4. The summed E-state index contributed by atoms with van der Waals surface area (Å²) in [5.41, 5.74) is 1.22. The largest absolute Gasteiger partial charge is 0.497 e. The van der Waals surface area contributed by atoms with Crippen LogP contribution >= 0.6 is 11.8 Å². The number of thioether (sulfide) groups is 1. The Labute approximate surface area is 196 Å². The normalized spacial score (nSPS) is 14.5. The summed E-state index contributed by atoms with van der Waals surface area (Å²) in [5, 5.41) is 2.17. The van der Waals surface area contributed by atoms with Crippen molar-refractivity contribution in [1.82, 2.24) is 4.90 Å². The molecule has 3 rings (SSSR count). The van der Waals surface area contributed by atoms with Crippen LogP contribution in [-0.2, 0) is 9.59 Å². The second-order valence-electron chi connectivity index (χ2n) is 7.16. The van der Waals surface area contributed by atoms with Crippen molar-refractivity contribution in [2.45, 2.75) is 19.8 Å². The first-order chi connectivity index (χ1) is 15.9. The third-order valence-electron chi connectivity index (χ3n) is 4.79. The summed E-state index contributed by atoms with van der Waals surface area (Å²) in [6.07, 6.45) is 3.56. The molecule has 1 aliphatic rings. The molecule has 0 aliphatic carbocycles. The third-order valence-corrected chi connectivity index (χ3v) is 5.70. The zero-order valence-corrected chi connectivity index (χ0v) is 19.6. The van der Waals surface area contributed by atoms with Gasteiger partial charge in [0, 0.05) is 5.69 Å². The second-order valence-corrected chi connectivity index (χ2v) is 8.15. The van der Waals surface area contributed by atoms with E-state index in [4.69, 9.17) is 14.2 Å². The lowest BCUT2D eigenvalue weighted by Crippen LogP contribution is -2.36. The number of ether oxygens (including phenoxy) is 3. The molecule has 0 atom stereocenters. The van der Waals surface area contributed by atoms with Gasteiger partial charge in [-0.15, -0.1) is 0 Å². The third kappa shape index (κ3) is 6.29. The van der Waals surface area contributed by atoms with Gasteiger partial charge in [0.05, 0.1) is 25.7 Å². The van der Waals surface area contributed by atoms with E-state index in [1.54, 1.807) is 62.8 Å². The number of hydrogen-bond acceptors (Lipinski definition) is 7. The van der Waals surface area contributed by atoms with Crippen molar-refractivity contribution in [3.8, 4) is 17.2 Å². The van der Waals surface area contributed by atoms with Crippen molar-refractivity contribution < 1.29 is 28.6 Å². The monoisotopic (exact) mass is 470 g/mol. The Morgan fingerprint density at radius 3 is 2.48 bits per heavy atom. The number of benzene rings is 2. The van der Waals surface area contributed by atoms with Crippen LogP contribution in [0.15, 0.2) is 47.4 Å². The number of nitrogens with one attached hydrogen (secondary N) is 1. The van der Waals surface area contributed by atoms with Crippen LogP contribution in [0.5, 0.6) is 17.2 Å². The maximum absolute atomic E-state index is 12.8. The van der Waals surface area contributed by atoms with E-state index in [2.05, 4.69) is 12.2 Å². The number of unbranched alkanes of at least 4 members (excludes halogenated alkanes) is 1. The number of amides is 3. The summed E-state index contributed by atoms with van der Waals surface area (Å²) in [5.74, 6) is 0.821. The topological polar surface area (TPSA) is 94.2 Å². The molecule has 8 nitrogen and oxygen atoms in total. The van der Waals surface area contributed by atoms with Crippen LogP contribution in [0, 0.1) is 0 Å². The van der Waals surface area contributed by atoms with Crippen LogP contribution in [-0.4, -0.2) is 49.3 Å². The highest BCUT2D eigenvalue weighted by molar-refractivity contribution is 8.18. The number of carbonyl (C=O) groups is 3. The smallest absolute Gasteiger partial charge is 0.294 e. The van der Waals surface area contributed by atoms with E-state index in [1.165, 1.54) is 0 Å². The minimum atomic E-state index is -0.517. The number of imide groups is 1. The average Bonchev–Trinajstić information content (AvgIpc) is 3.07. The van der Waals surface area contributed by atoms with Gasteiger partial charge >= 0.3 is 0 Å². The van der Waals surface area contributed by atoms with Gasteiger partial charge in [-0.3, -0.25) is 19.3 Å². The van der Waals surface area contributed by atoms with E-state index in [1.807, 2.05) is 0 Å². The van der Waals surface area contributed by atoms with Crippen molar-refractivity contribution in [3.05, 3.63) is 52.9 Å². The van der Waals surface area contributed by atoms with Gasteiger partial charge in [-0.1, -0.05) is 19.4 Å². The Bertz CT molecular complexity index is 1050. The van der Waals surface area contributed by atoms with Gasteiger partial charge in [0.25, 0.3) is 11.1 Å². The Kier molecular flexibility index (Phi) is 8.37. The molecule has 2 aromatic rings. The summed E-state index contributed by atoms with van der Waals surface area (Å²) in [6.45, 7) is 2.30. The molecule has 33 heavy (non-hydrogen) atoms. The van der Waals surface area contributed by atoms with Gasteiger partial charge < -0.3 is 19.5 Å². The van der Waals surface area contributed by atoms with E-state index in [0.29, 0.717) is 35.1 Å². The van der Waals surface area contributed by atoms with Gasteiger partial charge in [0.15, 0.2) is 11.5 Å². The van der Waals surface area contributed by atoms with Gasteiger partial charge in [-0.05, 0) is 66.2 Å². The lowest BCUT2D eigenvalue weighted by molar-refractivity contribution is -0.127. The van der Waals surface area contributed by atoms with E-state index in [0.717, 1.165) is 29.5 Å². The number of nitrogens with zero attached hydrogens (tertiary/aromatic N) is 1. The lowest BCUT2D eigenvalue weighted by Gasteiger charge is -2.13. The summed E-state index contributed by atoms with van der Waals surface area (Å²) in [7, 11) is 3.09. The van der Waals surface area contributed by atoms with E-state index >= 15 is 0 Å². The summed E-state index contributed by atoms with van der Waals surface area (Å²) in [4.78, 5) is 38.6. The summed E-state index contributed by atoms with van der Waals surface area (Å²) >= 11 is 0.794. The fourth-order valence-corrected chi connectivity index (χ4v) is 3.86. The summed E-state index contributed by atoms with van der Waals surface area (Å²) in [6, 6.07) is 12.0. The molecule has 1 fully saturated rings. The van der Waals surface area contributed by atoms with Crippen LogP contribution < -0.4 is 19.5 Å². The molecule has 0 spiro atoms. The molecule has 0 radical (unpaired) electrons. The van der Waals surface area contributed by atoms with E-state index < -0.39 is 17.1 Å². The van der Waals surface area contributed by atoms with Crippen LogP contribution in [0.2, 0.25) is 0 Å². The molecule has 0 aromatic heterocycles. The first kappa shape index (κ1) is 24.2. The van der Waals surface area contributed by atoms with Crippen LogP contribution in [0.25, 0.3) is 6.08 Å². The lowest BCUT2D eigenvalue weighted by atomic mass is 10.2. The second kappa shape index (κ2) is 11.4. The number of anilines is 1. The highest BCUT2D eigenvalue weighted by Gasteiger charge is 2.36. The molecule has 0 bridgehead atoms. The fraction of sp³-hybridized carbons (Fsp3) is 0.292. The molecule has 1 heterocycles. The molecular weight excluding hydrogens is 444 g/mol. The van der Waals surface area contributed by atoms with Crippen molar-refractivity contribution in [3.63, 3.8) is 0 Å². The quantitative estimate of drug-likeness (QED) is 0.402. The standard InChI is InChI=1S/C24H26N2O6S/c1-4-5-12-32-19-11-6-16(13-20(19)31-3)14-21-23(28)26(24(29)33-21)15-22(27)25-17-7-9-18(30-2)10-8-17/h6-11,13-14H,4-5,12,15H2,1-3H3,(H,25,27)/b21-14-. The maximum atomic E-state index is 12.8. The number of methoxy groups -OCH3 is 2. The fourth-order valence-electron chi connectivity index (χ4n) is 3.03. The first-order valence-corrected chi connectivity index (χ1v) is 11.3. The maximum Gasteiger partial charge on any atom is 0.294 e. The van der Waals surface area contributed by atoms with Gasteiger partial charge in [0.1, 0.15) is 12.3 Å². The average molecular weight is 471 g/mol. The highest BCUT2D eigenvalue weighted by atomic mass is 32.2. The SMILES string of the molecule is CCCCOc1ccc(/C=C2\SC(=O)N(CC(=O)Nc3ccc(OC)cc3)C2=O)cc1OC. The van der Waals surface area contributed by atoms with Crippen molar-refractivity contribution in [2.75, 3.05) is 32.7 Å². The molecule has 1 saturated heterocycles. The van der Waals surface area contributed by atoms with E-state index in [-0.39, 0.29) is 11.4 Å². The molecule has 0 unspecified atom stereocenters. The van der Waals surface area contributed by atoms with Crippen LogP contribution in [0.3, 0.4) is 0 Å². The number of hydrogen-bond donors (Lipinski definition) is 1. The van der Waals surface area contributed by atoms with Gasteiger partial charge in [0.2, 0.25) is 5.91 Å². The van der Waals surface area contributed by atoms with Crippen molar-refractivity contribution >= 4 is 40.6 Å². The minimum Gasteiger partial charge on any atom is -0.497 e. The molecular formula is C24H26N2O6S. The Hall–Kier alpha value is -3.46. The zero-order chi connectivity index (χ0) is 23.8. The highest BCUT2D eigenvalue weighted by Crippen LogP contribution is 2.34. The van der Waals surface area contributed by atoms with E-state index in [9.17, 15) is 14.4 Å². The number of carbonyl (C=O) groups excluding carboxylic acids is 3. The van der Waals surface area contributed by atoms with Crippen molar-refractivity contribution in [1.29, 1.82) is 0 Å². The van der Waals surface area contributed by atoms with Gasteiger partial charge in [-0.25, -0.2) is 0 Å². The molecule has 1 aliphatic heterocycles. The molecule has 2 aromatic carbocycles. The van der Waals surface area contributed by atoms with Crippen LogP contribution in [0.4, 0.5) is 10.5 Å². The Morgan fingerprint density at radius 2 is 1.82 bits per heavy atom. The number of rotatable bonds is 10.